The molecule has 13 heavy (non-hydrogen) atoms. The first kappa shape index (κ1) is 9.73. The van der Waals surface area contributed by atoms with Crippen LogP contribution in [-0.4, -0.2) is 16.6 Å². The number of phenols is 2. The molecule has 1 atom stereocenters. The van der Waals surface area contributed by atoms with Gasteiger partial charge in [-0.3, -0.25) is 0 Å². The average molecular weight is 189 g/mol. The molecule has 0 fully saturated rings. The van der Waals surface area contributed by atoms with Crippen LogP contribution in [0.25, 0.3) is 0 Å². The van der Waals surface area contributed by atoms with E-state index in [1.165, 1.54) is 6.07 Å². The third-order valence-corrected chi connectivity index (χ3v) is 1.64. The van der Waals surface area contributed by atoms with Crippen LogP contribution < -0.4 is 5.73 Å². The Morgan fingerprint density at radius 1 is 1.23 bits per heavy atom. The lowest BCUT2D eigenvalue weighted by molar-refractivity contribution is 0.115. The van der Waals surface area contributed by atoms with Gasteiger partial charge in [-0.1, -0.05) is 0 Å². The van der Waals surface area contributed by atoms with E-state index in [0.717, 1.165) is 12.1 Å². The summed E-state index contributed by atoms with van der Waals surface area (Å²) in [6.45, 7) is 0. The largest absolute Gasteiger partial charge is 0.508 e. The van der Waals surface area contributed by atoms with Gasteiger partial charge in [0, 0.05) is 5.56 Å². The van der Waals surface area contributed by atoms with Gasteiger partial charge in [0.25, 0.3) is 6.43 Å². The zero-order chi connectivity index (χ0) is 10.0. The Bertz CT molecular complexity index is 304. The first-order valence-electron chi connectivity index (χ1n) is 3.58. The highest BCUT2D eigenvalue weighted by Crippen LogP contribution is 2.29. The number of aromatic hydroxyl groups is 2. The van der Waals surface area contributed by atoms with Crippen molar-refractivity contribution in [3.8, 4) is 11.5 Å². The van der Waals surface area contributed by atoms with Crippen molar-refractivity contribution in [2.75, 3.05) is 0 Å². The highest BCUT2D eigenvalue weighted by Gasteiger charge is 2.20. The summed E-state index contributed by atoms with van der Waals surface area (Å²) < 4.78 is 24.2. The number of benzene rings is 1. The summed E-state index contributed by atoms with van der Waals surface area (Å²) >= 11 is 0. The second-order valence-electron chi connectivity index (χ2n) is 2.60. The molecule has 0 amide bonds. The maximum Gasteiger partial charge on any atom is 0.257 e. The Kier molecular flexibility index (Phi) is 2.67. The van der Waals surface area contributed by atoms with Crippen molar-refractivity contribution in [3.05, 3.63) is 23.8 Å². The summed E-state index contributed by atoms with van der Waals surface area (Å²) in [5.41, 5.74) is 4.93. The standard InChI is InChI=1S/C8H9F2NO2/c9-8(10)7(11)5-3-4(12)1-2-6(5)13/h1-3,7-8,12-13H,11H2/t7-/m1/s1. The second kappa shape index (κ2) is 3.57. The number of hydrogen-bond acceptors (Lipinski definition) is 3. The molecule has 1 rings (SSSR count). The Morgan fingerprint density at radius 2 is 1.85 bits per heavy atom. The third kappa shape index (κ3) is 2.06. The molecule has 0 unspecified atom stereocenters. The summed E-state index contributed by atoms with van der Waals surface area (Å²) in [7, 11) is 0. The molecule has 4 N–H and O–H groups in total. The summed E-state index contributed by atoms with van der Waals surface area (Å²) in [6.07, 6.45) is -2.77. The highest BCUT2D eigenvalue weighted by molar-refractivity contribution is 5.40. The number of alkyl halides is 2. The lowest BCUT2D eigenvalue weighted by atomic mass is 10.1. The molecule has 0 saturated carbocycles. The van der Waals surface area contributed by atoms with Gasteiger partial charge in [0.05, 0.1) is 6.04 Å². The van der Waals surface area contributed by atoms with Crippen LogP contribution in [0.5, 0.6) is 11.5 Å². The lowest BCUT2D eigenvalue weighted by Crippen LogP contribution is -2.18. The molecule has 72 valence electrons. The number of hydrogen-bond donors (Lipinski definition) is 3. The molecular formula is C8H9F2NO2. The first-order chi connectivity index (χ1) is 6.02. The highest BCUT2D eigenvalue weighted by atomic mass is 19.3. The second-order valence-corrected chi connectivity index (χ2v) is 2.60. The molecule has 3 nitrogen and oxygen atoms in total. The molecule has 0 heterocycles. The van der Waals surface area contributed by atoms with Gasteiger partial charge in [0.1, 0.15) is 11.5 Å². The fourth-order valence-corrected chi connectivity index (χ4v) is 0.945. The van der Waals surface area contributed by atoms with Crippen LogP contribution in [0.4, 0.5) is 8.78 Å². The predicted molar refractivity (Wildman–Crippen MR) is 42.7 cm³/mol. The zero-order valence-electron chi connectivity index (χ0n) is 6.61. The lowest BCUT2D eigenvalue weighted by Gasteiger charge is -2.12. The van der Waals surface area contributed by atoms with Gasteiger partial charge in [-0.25, -0.2) is 8.78 Å². The van der Waals surface area contributed by atoms with Crippen LogP contribution >= 0.6 is 0 Å². The minimum Gasteiger partial charge on any atom is -0.508 e. The topological polar surface area (TPSA) is 66.5 Å². The average Bonchev–Trinajstić information content (AvgIpc) is 2.08. The van der Waals surface area contributed by atoms with Gasteiger partial charge in [-0.2, -0.15) is 0 Å². The fraction of sp³-hybridized carbons (Fsp3) is 0.250. The molecule has 0 radical (unpaired) electrons. The van der Waals surface area contributed by atoms with E-state index in [1.807, 2.05) is 0 Å². The Balaban J connectivity index is 3.05. The molecule has 0 aliphatic heterocycles. The van der Waals surface area contributed by atoms with Crippen molar-refractivity contribution < 1.29 is 19.0 Å². The molecule has 0 aromatic heterocycles. The molecule has 0 bridgehead atoms. The normalized spacial score (nSPS) is 13.2. The molecule has 5 heteroatoms. The van der Waals surface area contributed by atoms with E-state index in [2.05, 4.69) is 0 Å². The van der Waals surface area contributed by atoms with Crippen molar-refractivity contribution in [2.24, 2.45) is 5.73 Å². The third-order valence-electron chi connectivity index (χ3n) is 1.64. The van der Waals surface area contributed by atoms with E-state index < -0.39 is 12.5 Å². The van der Waals surface area contributed by atoms with Crippen LogP contribution in [0.15, 0.2) is 18.2 Å². The smallest absolute Gasteiger partial charge is 0.257 e. The van der Waals surface area contributed by atoms with Gasteiger partial charge in [0.2, 0.25) is 0 Å². The molecule has 1 aromatic carbocycles. The zero-order valence-corrected chi connectivity index (χ0v) is 6.61. The molecule has 0 aliphatic carbocycles. The van der Waals surface area contributed by atoms with E-state index in [-0.39, 0.29) is 17.1 Å². The fourth-order valence-electron chi connectivity index (χ4n) is 0.945. The molecule has 1 aromatic rings. The van der Waals surface area contributed by atoms with Gasteiger partial charge in [-0.15, -0.1) is 0 Å². The van der Waals surface area contributed by atoms with Crippen LogP contribution in [0.2, 0.25) is 0 Å². The number of nitrogens with two attached hydrogens (primary N) is 1. The van der Waals surface area contributed by atoms with Gasteiger partial charge < -0.3 is 15.9 Å². The minimum atomic E-state index is -2.77. The van der Waals surface area contributed by atoms with E-state index in [4.69, 9.17) is 15.9 Å². The first-order valence-corrected chi connectivity index (χ1v) is 3.58. The Labute approximate surface area is 73.4 Å². The maximum absolute atomic E-state index is 12.1. The van der Waals surface area contributed by atoms with Crippen molar-refractivity contribution in [3.63, 3.8) is 0 Å². The van der Waals surface area contributed by atoms with Gasteiger partial charge in [0.15, 0.2) is 0 Å². The Morgan fingerprint density at radius 3 is 2.38 bits per heavy atom. The molecule has 0 saturated heterocycles. The Hall–Kier alpha value is -1.36. The number of phenolic OH excluding ortho intramolecular Hbond substituents is 2. The van der Waals surface area contributed by atoms with E-state index in [1.54, 1.807) is 0 Å². The van der Waals surface area contributed by atoms with Crippen LogP contribution in [0.1, 0.15) is 11.6 Å². The SMILES string of the molecule is N[C@H](c1cc(O)ccc1O)C(F)F. The van der Waals surface area contributed by atoms with Gasteiger partial charge >= 0.3 is 0 Å². The number of rotatable bonds is 2. The summed E-state index contributed by atoms with van der Waals surface area (Å²) in [5.74, 6) is -0.547. The number of halogens is 2. The predicted octanol–water partition coefficient (Wildman–Crippen LogP) is 1.36. The van der Waals surface area contributed by atoms with Crippen molar-refractivity contribution in [1.82, 2.24) is 0 Å². The quantitative estimate of drug-likeness (QED) is 0.615. The van der Waals surface area contributed by atoms with E-state index in [0.29, 0.717) is 0 Å². The van der Waals surface area contributed by atoms with E-state index >= 15 is 0 Å². The maximum atomic E-state index is 12.1. The molecule has 0 spiro atoms. The van der Waals surface area contributed by atoms with Crippen molar-refractivity contribution in [1.29, 1.82) is 0 Å². The van der Waals surface area contributed by atoms with E-state index in [9.17, 15) is 8.78 Å². The summed E-state index contributed by atoms with van der Waals surface area (Å²) in [6, 6.07) is 1.75. The van der Waals surface area contributed by atoms with Crippen LogP contribution in [0.3, 0.4) is 0 Å². The monoisotopic (exact) mass is 189 g/mol. The summed E-state index contributed by atoms with van der Waals surface area (Å²) in [4.78, 5) is 0. The van der Waals surface area contributed by atoms with Crippen LogP contribution in [0, 0.1) is 0 Å². The van der Waals surface area contributed by atoms with Crippen molar-refractivity contribution >= 4 is 0 Å². The van der Waals surface area contributed by atoms with Crippen LogP contribution in [-0.2, 0) is 0 Å². The molecular weight excluding hydrogens is 180 g/mol. The van der Waals surface area contributed by atoms with Gasteiger partial charge in [-0.05, 0) is 18.2 Å². The van der Waals surface area contributed by atoms with Crippen molar-refractivity contribution in [2.45, 2.75) is 12.5 Å². The minimum absolute atomic E-state index is 0.157. The summed E-state index contributed by atoms with van der Waals surface area (Å²) in [5, 5.41) is 18.1. The molecule has 0 aliphatic rings.